The molecule has 108 valence electrons. The van der Waals surface area contributed by atoms with Crippen LogP contribution in [0.15, 0.2) is 66.7 Å². The van der Waals surface area contributed by atoms with E-state index < -0.39 is 8.25 Å². The molecule has 0 amide bonds. The normalized spacial score (nSPS) is 11.2. The van der Waals surface area contributed by atoms with Gasteiger partial charge in [0.1, 0.15) is 0 Å². The Bertz CT molecular complexity index is 859. The first-order valence-corrected chi connectivity index (χ1v) is 7.69. The number of fused-ring (bicyclic) bond motifs is 1. The molecule has 1 atom stereocenters. The van der Waals surface area contributed by atoms with Gasteiger partial charge in [-0.25, -0.2) is 0 Å². The highest BCUT2D eigenvalue weighted by atomic mass is 31.1. The summed E-state index contributed by atoms with van der Waals surface area (Å²) >= 11 is 0. The van der Waals surface area contributed by atoms with Gasteiger partial charge < -0.3 is 4.89 Å². The first-order valence-electron chi connectivity index (χ1n) is 6.59. The van der Waals surface area contributed by atoms with Crippen molar-refractivity contribution in [1.29, 1.82) is 0 Å². The lowest BCUT2D eigenvalue weighted by atomic mass is 10.00. The number of rotatable bonds is 4. The highest BCUT2D eigenvalue weighted by Gasteiger charge is 2.10. The first-order chi connectivity index (χ1) is 10.6. The molecule has 0 radical (unpaired) electrons. The van der Waals surface area contributed by atoms with Crippen molar-refractivity contribution in [2.75, 3.05) is 0 Å². The summed E-state index contributed by atoms with van der Waals surface area (Å²) in [6.07, 6.45) is 0. The van der Waals surface area contributed by atoms with E-state index in [1.54, 1.807) is 42.5 Å². The van der Waals surface area contributed by atoms with Crippen molar-refractivity contribution in [3.63, 3.8) is 0 Å². The molecule has 4 nitrogen and oxygen atoms in total. The third-order valence-electron chi connectivity index (χ3n) is 3.29. The second kappa shape index (κ2) is 6.06. The van der Waals surface area contributed by atoms with Crippen molar-refractivity contribution < 1.29 is 18.8 Å². The summed E-state index contributed by atoms with van der Waals surface area (Å²) in [6, 6.07) is 19.2. The molecule has 0 saturated carbocycles. The minimum atomic E-state index is -2.96. The second-order valence-corrected chi connectivity index (χ2v) is 5.36. The van der Waals surface area contributed by atoms with Crippen molar-refractivity contribution in [2.24, 2.45) is 0 Å². The molecule has 3 aromatic rings. The molecular weight excluding hydrogens is 299 g/mol. The Kier molecular flexibility index (Phi) is 3.96. The monoisotopic (exact) mass is 310 g/mol. The molecule has 22 heavy (non-hydrogen) atoms. The fraction of sp³-hybridized carbons (Fsp3) is 0. The van der Waals surface area contributed by atoms with Crippen molar-refractivity contribution in [3.05, 3.63) is 77.9 Å². The number of carbonyl (C=O) groups is 1. The molecule has 0 aliphatic heterocycles. The van der Waals surface area contributed by atoms with Crippen LogP contribution >= 0.6 is 8.25 Å². The Balaban J connectivity index is 2.01. The summed E-state index contributed by atoms with van der Waals surface area (Å²) in [5, 5.41) is 1.65. The summed E-state index contributed by atoms with van der Waals surface area (Å²) in [5.74, 6) is 0.150. The molecule has 3 rings (SSSR count). The van der Waals surface area contributed by atoms with Crippen molar-refractivity contribution in [1.82, 2.24) is 0 Å². The highest BCUT2D eigenvalue weighted by molar-refractivity contribution is 7.31. The quantitative estimate of drug-likeness (QED) is 0.546. The Hall–Kier alpha value is -2.55. The molecule has 0 bridgehead atoms. The molecular formula is C17H11O4P. The summed E-state index contributed by atoms with van der Waals surface area (Å²) in [7, 11) is -2.96. The van der Waals surface area contributed by atoms with Gasteiger partial charge in [-0.1, -0.05) is 48.5 Å². The number of hydrogen-bond acceptors (Lipinski definition) is 4. The number of hydrogen-bond donors (Lipinski definition) is 0. The smallest absolute Gasteiger partial charge is 0.539 e. The molecule has 0 aliphatic rings. The van der Waals surface area contributed by atoms with Crippen LogP contribution in [0, 0.1) is 0 Å². The van der Waals surface area contributed by atoms with Crippen molar-refractivity contribution >= 4 is 24.8 Å². The van der Waals surface area contributed by atoms with Gasteiger partial charge in [-0.15, -0.1) is 0 Å². The topological polar surface area (TPSA) is 66.4 Å². The predicted octanol–water partition coefficient (Wildman–Crippen LogP) is 3.47. The SMILES string of the molecule is O=C(c1ccccc1)c1ccc2ccc(O[P+](=O)[O-])cc2c1. The van der Waals surface area contributed by atoms with Crippen LogP contribution in [0.5, 0.6) is 5.75 Å². The summed E-state index contributed by atoms with van der Waals surface area (Å²) < 4.78 is 15.3. The maximum Gasteiger partial charge on any atom is 0.539 e. The van der Waals surface area contributed by atoms with Gasteiger partial charge >= 0.3 is 8.25 Å². The number of carbonyl (C=O) groups excluding carboxylic acids is 1. The first kappa shape index (κ1) is 14.4. The predicted molar refractivity (Wildman–Crippen MR) is 82.1 cm³/mol. The zero-order chi connectivity index (χ0) is 15.5. The molecule has 5 heteroatoms. The molecule has 0 saturated heterocycles. The van der Waals surface area contributed by atoms with Gasteiger partial charge in [0, 0.05) is 11.1 Å². The van der Waals surface area contributed by atoms with Gasteiger partial charge in [0.05, 0.1) is 0 Å². The second-order valence-electron chi connectivity index (χ2n) is 4.73. The van der Waals surface area contributed by atoms with E-state index in [-0.39, 0.29) is 11.5 Å². The zero-order valence-corrected chi connectivity index (χ0v) is 12.3. The van der Waals surface area contributed by atoms with E-state index in [2.05, 4.69) is 4.52 Å². The van der Waals surface area contributed by atoms with Crippen LogP contribution in [0.25, 0.3) is 10.8 Å². The third-order valence-corrected chi connectivity index (χ3v) is 3.65. The molecule has 0 fully saturated rings. The minimum absolute atomic E-state index is 0.0799. The van der Waals surface area contributed by atoms with E-state index in [9.17, 15) is 14.3 Å². The third kappa shape index (κ3) is 3.03. The Morgan fingerprint density at radius 1 is 0.864 bits per heavy atom. The molecule has 0 N–H and O–H groups in total. The molecule has 0 heterocycles. The summed E-state index contributed by atoms with van der Waals surface area (Å²) in [4.78, 5) is 23.1. The minimum Gasteiger partial charge on any atom is -0.558 e. The van der Waals surface area contributed by atoms with E-state index in [1.165, 1.54) is 0 Å². The number of ketones is 1. The zero-order valence-electron chi connectivity index (χ0n) is 11.4. The highest BCUT2D eigenvalue weighted by Crippen LogP contribution is 2.26. The molecule has 0 aliphatic carbocycles. The molecule has 1 unspecified atom stereocenters. The van der Waals surface area contributed by atoms with Crippen LogP contribution in [-0.4, -0.2) is 5.78 Å². The average molecular weight is 310 g/mol. The van der Waals surface area contributed by atoms with E-state index in [0.29, 0.717) is 11.1 Å². The standard InChI is InChI=1S/C17H11O4P/c18-17(13-4-2-1-3-5-13)14-7-6-12-8-9-16(21-22(19)20)11-15(12)10-14/h1-11H. The van der Waals surface area contributed by atoms with Crippen LogP contribution < -0.4 is 9.42 Å². The van der Waals surface area contributed by atoms with E-state index in [1.807, 2.05) is 24.3 Å². The van der Waals surface area contributed by atoms with E-state index >= 15 is 0 Å². The van der Waals surface area contributed by atoms with Crippen LogP contribution in [0.2, 0.25) is 0 Å². The Labute approximate surface area is 127 Å². The lowest BCUT2D eigenvalue weighted by molar-refractivity contribution is -0.178. The lowest BCUT2D eigenvalue weighted by Crippen LogP contribution is -2.00. The fourth-order valence-electron chi connectivity index (χ4n) is 2.27. The van der Waals surface area contributed by atoms with Crippen LogP contribution in [0.4, 0.5) is 0 Å². The van der Waals surface area contributed by atoms with Gasteiger partial charge in [-0.05, 0) is 33.5 Å². The number of benzene rings is 3. The van der Waals surface area contributed by atoms with Gasteiger partial charge in [-0.2, -0.15) is 0 Å². The summed E-state index contributed by atoms with van der Waals surface area (Å²) in [6.45, 7) is 0. The molecule has 0 spiro atoms. The summed E-state index contributed by atoms with van der Waals surface area (Å²) in [5.41, 5.74) is 1.15. The van der Waals surface area contributed by atoms with Crippen molar-refractivity contribution in [3.8, 4) is 5.75 Å². The van der Waals surface area contributed by atoms with Gasteiger partial charge in [0.25, 0.3) is 0 Å². The van der Waals surface area contributed by atoms with Gasteiger partial charge in [-0.3, -0.25) is 9.32 Å². The Morgan fingerprint density at radius 2 is 1.59 bits per heavy atom. The lowest BCUT2D eigenvalue weighted by Gasteiger charge is -2.04. The average Bonchev–Trinajstić information content (AvgIpc) is 2.54. The van der Waals surface area contributed by atoms with Gasteiger partial charge in [0.15, 0.2) is 11.5 Å². The van der Waals surface area contributed by atoms with E-state index in [4.69, 9.17) is 0 Å². The van der Waals surface area contributed by atoms with Crippen LogP contribution in [0.1, 0.15) is 15.9 Å². The fourth-order valence-corrected chi connectivity index (χ4v) is 2.55. The van der Waals surface area contributed by atoms with Crippen LogP contribution in [-0.2, 0) is 4.57 Å². The van der Waals surface area contributed by atoms with Gasteiger partial charge in [0.2, 0.25) is 0 Å². The maximum atomic E-state index is 12.4. The molecule has 3 aromatic carbocycles. The maximum absolute atomic E-state index is 12.4. The largest absolute Gasteiger partial charge is 0.558 e. The molecule has 0 aromatic heterocycles. The van der Waals surface area contributed by atoms with E-state index in [0.717, 1.165) is 10.8 Å². The van der Waals surface area contributed by atoms with Crippen molar-refractivity contribution in [2.45, 2.75) is 0 Å². The Morgan fingerprint density at radius 3 is 2.32 bits per heavy atom. The van der Waals surface area contributed by atoms with Crippen LogP contribution in [0.3, 0.4) is 0 Å².